The van der Waals surface area contributed by atoms with E-state index < -0.39 is 5.91 Å². The zero-order valence-electron chi connectivity index (χ0n) is 8.35. The van der Waals surface area contributed by atoms with E-state index in [9.17, 15) is 9.59 Å². The number of carbonyl (C=O) groups excluding carboxylic acids is 1. The Morgan fingerprint density at radius 2 is 2.31 bits per heavy atom. The van der Waals surface area contributed by atoms with Gasteiger partial charge >= 0.3 is 0 Å². The maximum Gasteiger partial charge on any atom is 0.275 e. The number of aromatic amines is 1. The summed E-state index contributed by atoms with van der Waals surface area (Å²) in [5.41, 5.74) is 0.551. The molecule has 0 aliphatic rings. The van der Waals surface area contributed by atoms with E-state index >= 15 is 0 Å². The number of rotatable bonds is 2. The molecule has 0 unspecified atom stereocenters. The van der Waals surface area contributed by atoms with Crippen LogP contribution in [0.4, 0.5) is 5.00 Å². The summed E-state index contributed by atoms with van der Waals surface area (Å²) in [5, 5.41) is 3.24. The summed E-state index contributed by atoms with van der Waals surface area (Å²) in [6.07, 6.45) is 1.19. The zero-order chi connectivity index (χ0) is 11.5. The molecule has 0 aliphatic heterocycles. The van der Waals surface area contributed by atoms with Crippen molar-refractivity contribution in [3.05, 3.63) is 40.2 Å². The second-order valence-corrected chi connectivity index (χ2v) is 3.89. The van der Waals surface area contributed by atoms with Crippen LogP contribution in [0, 0.1) is 6.92 Å². The summed E-state index contributed by atoms with van der Waals surface area (Å²) in [7, 11) is 0. The van der Waals surface area contributed by atoms with Crippen molar-refractivity contribution in [2.75, 3.05) is 5.32 Å². The summed E-state index contributed by atoms with van der Waals surface area (Å²) >= 11 is 1.18. The average molecular weight is 236 g/mol. The minimum atomic E-state index is -0.422. The monoisotopic (exact) mass is 236 g/mol. The smallest absolute Gasteiger partial charge is 0.275 e. The van der Waals surface area contributed by atoms with Crippen molar-refractivity contribution in [2.45, 2.75) is 6.92 Å². The highest BCUT2D eigenvalue weighted by atomic mass is 32.1. The molecule has 2 heterocycles. The molecular formula is C9H8N4O2S. The van der Waals surface area contributed by atoms with Gasteiger partial charge in [0.1, 0.15) is 10.7 Å². The van der Waals surface area contributed by atoms with Gasteiger partial charge in [0.25, 0.3) is 11.5 Å². The Kier molecular flexibility index (Phi) is 2.78. The van der Waals surface area contributed by atoms with Crippen LogP contribution in [-0.2, 0) is 0 Å². The normalized spacial score (nSPS) is 10.1. The van der Waals surface area contributed by atoms with E-state index in [1.54, 1.807) is 6.07 Å². The van der Waals surface area contributed by atoms with Gasteiger partial charge in [0.15, 0.2) is 0 Å². The molecule has 1 amide bonds. The predicted octanol–water partition coefficient (Wildman–Crippen LogP) is 0.787. The molecule has 6 nitrogen and oxygen atoms in total. The Morgan fingerprint density at radius 3 is 2.94 bits per heavy atom. The molecule has 0 atom stereocenters. The fourth-order valence-electron chi connectivity index (χ4n) is 1.09. The highest BCUT2D eigenvalue weighted by molar-refractivity contribution is 7.10. The van der Waals surface area contributed by atoms with Gasteiger partial charge in [0.2, 0.25) is 0 Å². The quantitative estimate of drug-likeness (QED) is 0.806. The summed E-state index contributed by atoms with van der Waals surface area (Å²) < 4.78 is 4.02. The molecule has 0 aromatic carbocycles. The molecule has 0 spiro atoms. The Labute approximate surface area is 94.5 Å². The third-order valence-electron chi connectivity index (χ3n) is 1.78. The van der Waals surface area contributed by atoms with E-state index in [0.29, 0.717) is 5.00 Å². The Balaban J connectivity index is 2.17. The van der Waals surface area contributed by atoms with Gasteiger partial charge in [-0.3, -0.25) is 9.59 Å². The Hall–Kier alpha value is -2.02. The molecule has 0 aliphatic carbocycles. The van der Waals surface area contributed by atoms with Crippen molar-refractivity contribution in [1.29, 1.82) is 0 Å². The van der Waals surface area contributed by atoms with Crippen LogP contribution in [0.15, 0.2) is 23.3 Å². The molecule has 0 saturated heterocycles. The molecule has 0 fully saturated rings. The van der Waals surface area contributed by atoms with Gasteiger partial charge in [-0.25, -0.2) is 4.98 Å². The summed E-state index contributed by atoms with van der Waals surface area (Å²) in [5.74, 6) is -0.422. The first kappa shape index (κ1) is 10.5. The summed E-state index contributed by atoms with van der Waals surface area (Å²) in [6.45, 7) is 1.83. The molecule has 0 bridgehead atoms. The van der Waals surface area contributed by atoms with Crippen molar-refractivity contribution in [1.82, 2.24) is 14.3 Å². The maximum absolute atomic E-state index is 11.6. The van der Waals surface area contributed by atoms with Crippen LogP contribution in [0.25, 0.3) is 0 Å². The summed E-state index contributed by atoms with van der Waals surface area (Å²) in [6, 6.07) is 2.89. The number of nitrogens with zero attached hydrogens (tertiary/aromatic N) is 2. The van der Waals surface area contributed by atoms with E-state index in [2.05, 4.69) is 19.7 Å². The van der Waals surface area contributed by atoms with Crippen LogP contribution >= 0.6 is 11.5 Å². The van der Waals surface area contributed by atoms with Gasteiger partial charge in [0.05, 0.1) is 12.0 Å². The number of anilines is 1. The molecule has 0 saturated carbocycles. The van der Waals surface area contributed by atoms with Crippen molar-refractivity contribution in [3.8, 4) is 0 Å². The number of H-pyrrole nitrogens is 1. The minimum absolute atomic E-state index is 0.0785. The van der Waals surface area contributed by atoms with Crippen LogP contribution in [0.2, 0.25) is 0 Å². The minimum Gasteiger partial charge on any atom is -0.313 e. The maximum atomic E-state index is 11.6. The first-order chi connectivity index (χ1) is 7.65. The largest absolute Gasteiger partial charge is 0.313 e. The van der Waals surface area contributed by atoms with Gasteiger partial charge in [-0.1, -0.05) is 0 Å². The number of amides is 1. The fraction of sp³-hybridized carbons (Fsp3) is 0.111. The van der Waals surface area contributed by atoms with E-state index in [4.69, 9.17) is 0 Å². The first-order valence-corrected chi connectivity index (χ1v) is 5.22. The lowest BCUT2D eigenvalue weighted by molar-refractivity contribution is 0.102. The van der Waals surface area contributed by atoms with Gasteiger partial charge in [-0.15, -0.1) is 0 Å². The van der Waals surface area contributed by atoms with Crippen LogP contribution in [0.1, 0.15) is 16.2 Å². The van der Waals surface area contributed by atoms with Crippen LogP contribution in [0.5, 0.6) is 0 Å². The molecule has 2 aromatic heterocycles. The predicted molar refractivity (Wildman–Crippen MR) is 59.7 cm³/mol. The van der Waals surface area contributed by atoms with Crippen molar-refractivity contribution in [3.63, 3.8) is 0 Å². The summed E-state index contributed by atoms with van der Waals surface area (Å²) in [4.78, 5) is 28.7. The number of aromatic nitrogens is 3. The second kappa shape index (κ2) is 4.23. The molecule has 7 heteroatoms. The van der Waals surface area contributed by atoms with Gasteiger partial charge in [-0.2, -0.15) is 4.37 Å². The molecule has 2 N–H and O–H groups in total. The van der Waals surface area contributed by atoms with Gasteiger partial charge in [0, 0.05) is 6.07 Å². The molecular weight excluding hydrogens is 228 g/mol. The SMILES string of the molecule is Cc1cc(NC(=O)c2cc(=O)[nH]cn2)sn1. The van der Waals surface area contributed by atoms with Crippen LogP contribution < -0.4 is 10.9 Å². The zero-order valence-corrected chi connectivity index (χ0v) is 9.17. The fourth-order valence-corrected chi connectivity index (χ4v) is 1.75. The Bertz CT molecular complexity index is 575. The standard InChI is InChI=1S/C9H8N4O2S/c1-5-2-8(16-13-5)12-9(15)6-3-7(14)11-4-10-6/h2-4H,1H3,(H,12,15)(H,10,11,14). The third-order valence-corrected chi connectivity index (χ3v) is 2.57. The number of hydrogen-bond acceptors (Lipinski definition) is 5. The topological polar surface area (TPSA) is 87.7 Å². The number of nitrogens with one attached hydrogen (secondary N) is 2. The lowest BCUT2D eigenvalue weighted by atomic mass is 10.4. The highest BCUT2D eigenvalue weighted by Gasteiger charge is 2.09. The lowest BCUT2D eigenvalue weighted by Gasteiger charge is -1.99. The average Bonchev–Trinajstić information content (AvgIpc) is 2.64. The number of aryl methyl sites for hydroxylation is 1. The number of carbonyl (C=O) groups is 1. The molecule has 82 valence electrons. The van der Waals surface area contributed by atoms with Crippen LogP contribution in [-0.4, -0.2) is 20.2 Å². The van der Waals surface area contributed by atoms with E-state index in [1.165, 1.54) is 17.9 Å². The molecule has 2 aromatic rings. The molecule has 2 rings (SSSR count). The van der Waals surface area contributed by atoms with E-state index in [1.807, 2.05) is 6.92 Å². The van der Waals surface area contributed by atoms with Crippen molar-refractivity contribution >= 4 is 22.4 Å². The Morgan fingerprint density at radius 1 is 1.50 bits per heavy atom. The highest BCUT2D eigenvalue weighted by Crippen LogP contribution is 2.15. The van der Waals surface area contributed by atoms with E-state index in [-0.39, 0.29) is 11.3 Å². The van der Waals surface area contributed by atoms with Crippen molar-refractivity contribution < 1.29 is 4.79 Å². The molecule has 0 radical (unpaired) electrons. The van der Waals surface area contributed by atoms with Crippen LogP contribution in [0.3, 0.4) is 0 Å². The van der Waals surface area contributed by atoms with Crippen molar-refractivity contribution in [2.24, 2.45) is 0 Å². The second-order valence-electron chi connectivity index (χ2n) is 3.08. The molecule has 16 heavy (non-hydrogen) atoms. The van der Waals surface area contributed by atoms with E-state index in [0.717, 1.165) is 11.8 Å². The first-order valence-electron chi connectivity index (χ1n) is 4.44. The van der Waals surface area contributed by atoms with Gasteiger partial charge < -0.3 is 10.3 Å². The number of hydrogen-bond donors (Lipinski definition) is 2. The third kappa shape index (κ3) is 2.31. The lowest BCUT2D eigenvalue weighted by Crippen LogP contribution is -2.17. The van der Waals surface area contributed by atoms with Gasteiger partial charge in [-0.05, 0) is 24.5 Å².